The van der Waals surface area contributed by atoms with E-state index in [0.717, 1.165) is 71.2 Å². The summed E-state index contributed by atoms with van der Waals surface area (Å²) in [5, 5.41) is 11.1. The summed E-state index contributed by atoms with van der Waals surface area (Å²) in [6, 6.07) is 40.2. The van der Waals surface area contributed by atoms with Gasteiger partial charge >= 0.3 is 0 Å². The number of nitriles is 1. The number of fused-ring (bicyclic) bond motifs is 3. The average Bonchev–Trinajstić information content (AvgIpc) is 3.43. The maximum atomic E-state index is 10.3. The molecule has 0 aliphatic carbocycles. The Hall–Kier alpha value is -4.63. The Balaban J connectivity index is 1.33. The number of nitrogens with zero attached hydrogens (tertiary/aromatic N) is 5. The average molecular weight is 582 g/mol. The zero-order chi connectivity index (χ0) is 29.3. The summed E-state index contributed by atoms with van der Waals surface area (Å²) in [5.41, 5.74) is 9.08. The summed E-state index contributed by atoms with van der Waals surface area (Å²) in [7, 11) is 0. The predicted octanol–water partition coefficient (Wildman–Crippen LogP) is 7.82. The molecule has 0 spiro atoms. The molecule has 3 heterocycles. The number of imidazole rings is 1. The van der Waals surface area contributed by atoms with Gasteiger partial charge in [-0.15, -0.1) is 0 Å². The Bertz CT molecular complexity index is 1950. The smallest absolute Gasteiger partial charge is 0.157 e. The van der Waals surface area contributed by atoms with E-state index in [1.165, 1.54) is 16.7 Å². The van der Waals surface area contributed by atoms with E-state index in [4.69, 9.17) is 16.6 Å². The first-order chi connectivity index (χ1) is 21.1. The van der Waals surface area contributed by atoms with Crippen molar-refractivity contribution in [1.82, 2.24) is 14.3 Å². The summed E-state index contributed by atoms with van der Waals surface area (Å²) in [5.74, 6) is 1.14. The Morgan fingerprint density at radius 2 is 1.47 bits per heavy atom. The molecule has 1 aliphatic heterocycles. The van der Waals surface area contributed by atoms with Gasteiger partial charge in [-0.25, -0.2) is 4.98 Å². The Morgan fingerprint density at radius 1 is 0.814 bits per heavy atom. The number of para-hydroxylation sites is 2. The van der Waals surface area contributed by atoms with Gasteiger partial charge in [0, 0.05) is 43.2 Å². The summed E-state index contributed by atoms with van der Waals surface area (Å²) in [4.78, 5) is 10.0. The fraction of sp³-hybridized carbons (Fsp3) is 0.189. The van der Waals surface area contributed by atoms with Gasteiger partial charge in [0.15, 0.2) is 5.65 Å². The van der Waals surface area contributed by atoms with Crippen molar-refractivity contribution >= 4 is 34.1 Å². The second-order valence-electron chi connectivity index (χ2n) is 11.2. The molecule has 4 aromatic carbocycles. The lowest BCUT2D eigenvalue weighted by Gasteiger charge is -2.41. The minimum Gasteiger partial charge on any atom is -0.355 e. The molecule has 212 valence electrons. The van der Waals surface area contributed by atoms with Crippen LogP contribution in [0.1, 0.15) is 39.4 Å². The lowest BCUT2D eigenvalue weighted by molar-refractivity contribution is 0.212. The van der Waals surface area contributed by atoms with Crippen molar-refractivity contribution < 1.29 is 0 Å². The highest BCUT2D eigenvalue weighted by Crippen LogP contribution is 2.38. The van der Waals surface area contributed by atoms with Crippen molar-refractivity contribution in [2.45, 2.75) is 19.4 Å². The molecule has 1 saturated heterocycles. The van der Waals surface area contributed by atoms with Gasteiger partial charge in [0.05, 0.1) is 22.6 Å². The van der Waals surface area contributed by atoms with Gasteiger partial charge in [-0.2, -0.15) is 5.26 Å². The molecule has 6 heteroatoms. The van der Waals surface area contributed by atoms with Crippen LogP contribution < -0.4 is 4.90 Å². The van der Waals surface area contributed by atoms with Gasteiger partial charge in [-0.1, -0.05) is 103 Å². The number of hydrogen-bond acceptors (Lipinski definition) is 4. The normalized spacial score (nSPS) is 14.7. The number of aromatic nitrogens is 2. The molecule has 0 amide bonds. The zero-order valence-corrected chi connectivity index (χ0v) is 24.9. The van der Waals surface area contributed by atoms with Crippen molar-refractivity contribution in [1.29, 1.82) is 5.26 Å². The SMILES string of the molecule is Cc1c(Cc2ccccc2)c(N2CCN([C@H](c3ccccc3)c3ccccc3Cl)CC2)n2c(nc3ccccc32)c1C#N. The molecule has 2 aromatic heterocycles. The monoisotopic (exact) mass is 581 g/mol. The highest BCUT2D eigenvalue weighted by molar-refractivity contribution is 6.31. The molecule has 0 radical (unpaired) electrons. The highest BCUT2D eigenvalue weighted by atomic mass is 35.5. The van der Waals surface area contributed by atoms with Crippen LogP contribution in [-0.2, 0) is 6.42 Å². The maximum absolute atomic E-state index is 10.3. The number of rotatable bonds is 6. The third-order valence-corrected chi connectivity index (χ3v) is 9.07. The topological polar surface area (TPSA) is 47.6 Å². The highest BCUT2D eigenvalue weighted by Gasteiger charge is 2.31. The van der Waals surface area contributed by atoms with E-state index in [1.54, 1.807) is 0 Å². The third kappa shape index (κ3) is 4.93. The Morgan fingerprint density at radius 3 is 2.19 bits per heavy atom. The number of pyridine rings is 1. The number of hydrogen-bond donors (Lipinski definition) is 0. The molecule has 0 saturated carbocycles. The molecule has 1 atom stereocenters. The predicted molar refractivity (Wildman–Crippen MR) is 175 cm³/mol. The second kappa shape index (κ2) is 11.6. The van der Waals surface area contributed by atoms with Crippen LogP contribution in [-0.4, -0.2) is 40.5 Å². The number of anilines is 1. The van der Waals surface area contributed by atoms with E-state index in [-0.39, 0.29) is 6.04 Å². The third-order valence-electron chi connectivity index (χ3n) is 8.72. The van der Waals surface area contributed by atoms with Crippen LogP contribution in [0, 0.1) is 18.3 Å². The molecule has 0 unspecified atom stereocenters. The van der Waals surface area contributed by atoms with E-state index in [0.29, 0.717) is 5.56 Å². The molecule has 0 bridgehead atoms. The van der Waals surface area contributed by atoms with Crippen molar-refractivity contribution in [3.05, 3.63) is 148 Å². The fourth-order valence-electron chi connectivity index (χ4n) is 6.62. The Labute approximate surface area is 257 Å². The maximum Gasteiger partial charge on any atom is 0.157 e. The molecule has 1 fully saturated rings. The Kier molecular flexibility index (Phi) is 7.32. The van der Waals surface area contributed by atoms with Gasteiger partial charge in [0.1, 0.15) is 11.9 Å². The van der Waals surface area contributed by atoms with E-state index in [1.807, 2.05) is 30.3 Å². The largest absolute Gasteiger partial charge is 0.355 e. The van der Waals surface area contributed by atoms with Crippen LogP contribution in [0.3, 0.4) is 0 Å². The first-order valence-electron chi connectivity index (χ1n) is 14.8. The van der Waals surface area contributed by atoms with E-state index in [9.17, 15) is 5.26 Å². The lowest BCUT2D eigenvalue weighted by Crippen LogP contribution is -2.48. The molecule has 7 rings (SSSR count). The van der Waals surface area contributed by atoms with Gasteiger partial charge in [0.25, 0.3) is 0 Å². The summed E-state index contributed by atoms with van der Waals surface area (Å²) >= 11 is 6.79. The molecule has 1 aliphatic rings. The van der Waals surface area contributed by atoms with Crippen LogP contribution in [0.2, 0.25) is 5.02 Å². The quantitative estimate of drug-likeness (QED) is 0.201. The van der Waals surface area contributed by atoms with Gasteiger partial charge in [0.2, 0.25) is 0 Å². The van der Waals surface area contributed by atoms with Gasteiger partial charge < -0.3 is 4.90 Å². The fourth-order valence-corrected chi connectivity index (χ4v) is 6.86. The zero-order valence-electron chi connectivity index (χ0n) is 24.1. The minimum absolute atomic E-state index is 0.0673. The minimum atomic E-state index is 0.0673. The molecular formula is C37H32ClN5. The standard InChI is InChI=1S/C37H32ClN5/c1-26-30(24-27-12-4-2-5-13-27)37(43-34-19-11-10-18-33(34)40-36(43)31(26)25-39)42-22-20-41(21-23-42)35(28-14-6-3-7-15-28)29-16-8-9-17-32(29)38/h2-19,35H,20-24H2,1H3/t35-/m1/s1. The summed E-state index contributed by atoms with van der Waals surface area (Å²) < 4.78 is 2.23. The number of piperazine rings is 1. The molecule has 0 N–H and O–H groups in total. The van der Waals surface area contributed by atoms with Gasteiger partial charge in [-0.05, 0) is 47.4 Å². The van der Waals surface area contributed by atoms with Crippen molar-refractivity contribution in [2.75, 3.05) is 31.1 Å². The molecule has 43 heavy (non-hydrogen) atoms. The molecular weight excluding hydrogens is 550 g/mol. The van der Waals surface area contributed by atoms with Crippen LogP contribution in [0.5, 0.6) is 0 Å². The summed E-state index contributed by atoms with van der Waals surface area (Å²) in [6.45, 7) is 5.48. The lowest BCUT2D eigenvalue weighted by atomic mass is 9.95. The van der Waals surface area contributed by atoms with Crippen LogP contribution >= 0.6 is 11.6 Å². The van der Waals surface area contributed by atoms with Crippen LogP contribution in [0.15, 0.2) is 109 Å². The van der Waals surface area contributed by atoms with Crippen LogP contribution in [0.25, 0.3) is 16.7 Å². The van der Waals surface area contributed by atoms with E-state index in [2.05, 4.69) is 106 Å². The molecule has 5 nitrogen and oxygen atoms in total. The summed E-state index contributed by atoms with van der Waals surface area (Å²) in [6.07, 6.45) is 0.742. The van der Waals surface area contributed by atoms with Crippen molar-refractivity contribution in [3.63, 3.8) is 0 Å². The van der Waals surface area contributed by atoms with Crippen molar-refractivity contribution in [3.8, 4) is 6.07 Å². The van der Waals surface area contributed by atoms with E-state index < -0.39 is 0 Å². The van der Waals surface area contributed by atoms with Crippen molar-refractivity contribution in [2.24, 2.45) is 0 Å². The first kappa shape index (κ1) is 27.2. The molecule has 6 aromatic rings. The second-order valence-corrected chi connectivity index (χ2v) is 11.6. The number of halogens is 1. The first-order valence-corrected chi connectivity index (χ1v) is 15.2. The van der Waals surface area contributed by atoms with E-state index >= 15 is 0 Å². The van der Waals surface area contributed by atoms with Gasteiger partial charge in [-0.3, -0.25) is 9.30 Å². The number of benzene rings is 4. The van der Waals surface area contributed by atoms with Crippen LogP contribution in [0.4, 0.5) is 5.82 Å².